The number of ether oxygens (including phenoxy) is 1. The first-order chi connectivity index (χ1) is 15.0. The van der Waals surface area contributed by atoms with Crippen molar-refractivity contribution in [3.63, 3.8) is 0 Å². The molecule has 8 heteroatoms. The molecule has 0 saturated carbocycles. The molecular weight excluding hydrogens is 413 g/mol. The average Bonchev–Trinajstić information content (AvgIpc) is 3.31. The van der Waals surface area contributed by atoms with Crippen LogP contribution in [-0.2, 0) is 10.8 Å². The van der Waals surface area contributed by atoms with Crippen LogP contribution in [0.2, 0.25) is 0 Å². The van der Waals surface area contributed by atoms with Crippen LogP contribution in [0.1, 0.15) is 46.1 Å². The van der Waals surface area contributed by atoms with Gasteiger partial charge in [0.15, 0.2) is 5.89 Å². The second-order valence-electron chi connectivity index (χ2n) is 9.66. The van der Waals surface area contributed by atoms with E-state index in [2.05, 4.69) is 4.98 Å². The maximum atomic E-state index is 15.5. The molecule has 0 N–H and O–H groups in total. The van der Waals surface area contributed by atoms with Gasteiger partial charge in [-0.1, -0.05) is 46.8 Å². The van der Waals surface area contributed by atoms with Gasteiger partial charge < -0.3 is 14.1 Å². The van der Waals surface area contributed by atoms with E-state index in [0.29, 0.717) is 46.4 Å². The minimum atomic E-state index is -0.551. The lowest BCUT2D eigenvalue weighted by atomic mass is 9.82. The number of aromatic nitrogens is 1. The van der Waals surface area contributed by atoms with E-state index in [1.807, 2.05) is 39.5 Å². The molecule has 2 heterocycles. The molecule has 1 aliphatic heterocycles. The number of benzene rings is 2. The minimum absolute atomic E-state index is 0.0273. The summed E-state index contributed by atoms with van der Waals surface area (Å²) in [5, 5.41) is 11.7. The maximum Gasteiger partial charge on any atom is 0.292 e. The standard InChI is InChI=1S/C24H26FN3O4/c1-23(2,3)22-26-15(12-32-22)19-14(25)11-18(31-6)21-20(19)24(4,5)13-27(21)16-9-7-8-10-17(16)28(29)30/h7-12H,13H2,1-6H3. The molecule has 1 aliphatic rings. The number of halogens is 1. The SMILES string of the molecule is COc1cc(F)c(-c2coc(C(C)(C)C)n2)c2c1N(c1ccccc1[N+](=O)[O-])CC2(C)C. The minimum Gasteiger partial charge on any atom is -0.494 e. The van der Waals surface area contributed by atoms with Crippen molar-refractivity contribution in [2.45, 2.75) is 45.4 Å². The number of methoxy groups -OCH3 is 1. The Hall–Kier alpha value is -3.42. The molecule has 168 valence electrons. The van der Waals surface area contributed by atoms with E-state index >= 15 is 4.39 Å². The van der Waals surface area contributed by atoms with E-state index in [9.17, 15) is 10.1 Å². The molecule has 32 heavy (non-hydrogen) atoms. The first kappa shape index (κ1) is 21.8. The summed E-state index contributed by atoms with van der Waals surface area (Å²) < 4.78 is 26.7. The van der Waals surface area contributed by atoms with E-state index < -0.39 is 16.2 Å². The van der Waals surface area contributed by atoms with Crippen molar-refractivity contribution in [1.82, 2.24) is 4.98 Å². The molecule has 0 saturated heterocycles. The Morgan fingerprint density at radius 1 is 1.28 bits per heavy atom. The van der Waals surface area contributed by atoms with Gasteiger partial charge in [-0.25, -0.2) is 9.37 Å². The van der Waals surface area contributed by atoms with Gasteiger partial charge in [0.05, 0.1) is 17.7 Å². The molecular formula is C24H26FN3O4. The summed E-state index contributed by atoms with van der Waals surface area (Å²) in [6.07, 6.45) is 1.47. The predicted molar refractivity (Wildman–Crippen MR) is 120 cm³/mol. The molecule has 3 aromatic rings. The fraction of sp³-hybridized carbons (Fsp3) is 0.375. The summed E-state index contributed by atoms with van der Waals surface area (Å²) in [4.78, 5) is 17.7. The first-order valence-corrected chi connectivity index (χ1v) is 10.3. The van der Waals surface area contributed by atoms with Crippen molar-refractivity contribution in [2.24, 2.45) is 0 Å². The fourth-order valence-electron chi connectivity index (χ4n) is 4.29. The Balaban J connectivity index is 2.01. The second kappa shape index (κ2) is 7.32. The molecule has 1 aromatic heterocycles. The number of nitrogens with zero attached hydrogens (tertiary/aromatic N) is 3. The van der Waals surface area contributed by atoms with Gasteiger partial charge in [-0.15, -0.1) is 0 Å². The van der Waals surface area contributed by atoms with Crippen LogP contribution < -0.4 is 9.64 Å². The van der Waals surface area contributed by atoms with Crippen molar-refractivity contribution in [2.75, 3.05) is 18.6 Å². The third kappa shape index (κ3) is 3.39. The molecule has 2 aromatic carbocycles. The van der Waals surface area contributed by atoms with Crippen LogP contribution in [0.15, 0.2) is 41.0 Å². The number of nitro groups is 1. The van der Waals surface area contributed by atoms with Crippen LogP contribution in [0, 0.1) is 15.9 Å². The molecule has 7 nitrogen and oxygen atoms in total. The summed E-state index contributed by atoms with van der Waals surface area (Å²) in [5.41, 5.74) is 1.51. The van der Waals surface area contributed by atoms with Gasteiger partial charge in [-0.2, -0.15) is 0 Å². The molecule has 0 unspecified atom stereocenters. The normalized spacial score (nSPS) is 15.0. The smallest absolute Gasteiger partial charge is 0.292 e. The highest BCUT2D eigenvalue weighted by Crippen LogP contribution is 2.54. The first-order valence-electron chi connectivity index (χ1n) is 10.3. The van der Waals surface area contributed by atoms with Gasteiger partial charge in [-0.05, 0) is 11.6 Å². The van der Waals surface area contributed by atoms with Gasteiger partial charge in [-0.3, -0.25) is 10.1 Å². The lowest BCUT2D eigenvalue weighted by Gasteiger charge is -2.22. The zero-order chi connectivity index (χ0) is 23.4. The number of nitro benzene ring substituents is 1. The van der Waals surface area contributed by atoms with Crippen LogP contribution in [-0.4, -0.2) is 23.6 Å². The lowest BCUT2D eigenvalue weighted by Crippen LogP contribution is -2.25. The van der Waals surface area contributed by atoms with Crippen molar-refractivity contribution in [3.8, 4) is 17.0 Å². The van der Waals surface area contributed by atoms with Gasteiger partial charge in [0.1, 0.15) is 29.2 Å². The van der Waals surface area contributed by atoms with Crippen molar-refractivity contribution in [1.29, 1.82) is 0 Å². The monoisotopic (exact) mass is 439 g/mol. The van der Waals surface area contributed by atoms with Gasteiger partial charge in [0.2, 0.25) is 0 Å². The summed E-state index contributed by atoms with van der Waals surface area (Å²) in [5.74, 6) is 0.333. The Morgan fingerprint density at radius 3 is 2.56 bits per heavy atom. The zero-order valence-electron chi connectivity index (χ0n) is 19.0. The Bertz CT molecular complexity index is 1210. The quantitative estimate of drug-likeness (QED) is 0.360. The van der Waals surface area contributed by atoms with E-state index in [1.54, 1.807) is 18.2 Å². The fourth-order valence-corrected chi connectivity index (χ4v) is 4.29. The molecule has 0 atom stereocenters. The Labute approximate surface area is 186 Å². The van der Waals surface area contributed by atoms with Gasteiger partial charge in [0, 0.05) is 35.1 Å². The largest absolute Gasteiger partial charge is 0.494 e. The summed E-state index contributed by atoms with van der Waals surface area (Å²) >= 11 is 0. The molecule has 0 spiro atoms. The Morgan fingerprint density at radius 2 is 1.97 bits per heavy atom. The number of hydrogen-bond acceptors (Lipinski definition) is 6. The van der Waals surface area contributed by atoms with Crippen molar-refractivity contribution in [3.05, 3.63) is 64.0 Å². The topological polar surface area (TPSA) is 81.6 Å². The van der Waals surface area contributed by atoms with E-state index in [4.69, 9.17) is 9.15 Å². The van der Waals surface area contributed by atoms with Gasteiger partial charge >= 0.3 is 0 Å². The molecule has 4 rings (SSSR count). The second-order valence-corrected chi connectivity index (χ2v) is 9.66. The Kier molecular flexibility index (Phi) is 4.99. The highest BCUT2D eigenvalue weighted by molar-refractivity contribution is 5.88. The molecule has 0 radical (unpaired) electrons. The highest BCUT2D eigenvalue weighted by Gasteiger charge is 2.44. The van der Waals surface area contributed by atoms with Crippen LogP contribution in [0.3, 0.4) is 0 Å². The van der Waals surface area contributed by atoms with Crippen LogP contribution in [0.4, 0.5) is 21.5 Å². The lowest BCUT2D eigenvalue weighted by molar-refractivity contribution is -0.384. The number of anilines is 2. The third-order valence-electron chi connectivity index (χ3n) is 5.71. The predicted octanol–water partition coefficient (Wildman–Crippen LogP) is 6.12. The van der Waals surface area contributed by atoms with Crippen LogP contribution >= 0.6 is 0 Å². The number of oxazole rings is 1. The average molecular weight is 439 g/mol. The molecule has 0 aliphatic carbocycles. The number of hydrogen-bond donors (Lipinski definition) is 0. The van der Waals surface area contributed by atoms with Gasteiger partial charge in [0.25, 0.3) is 5.69 Å². The summed E-state index contributed by atoms with van der Waals surface area (Å²) in [7, 11) is 1.46. The van der Waals surface area contributed by atoms with E-state index in [1.165, 1.54) is 25.5 Å². The number of fused-ring (bicyclic) bond motifs is 1. The number of para-hydroxylation sites is 2. The van der Waals surface area contributed by atoms with Crippen molar-refractivity contribution < 1.29 is 18.5 Å². The molecule has 0 amide bonds. The van der Waals surface area contributed by atoms with Crippen molar-refractivity contribution >= 4 is 17.1 Å². The summed E-state index contributed by atoms with van der Waals surface area (Å²) in [6.45, 7) is 10.3. The molecule has 0 bridgehead atoms. The number of rotatable bonds is 4. The highest BCUT2D eigenvalue weighted by atomic mass is 19.1. The van der Waals surface area contributed by atoms with Crippen LogP contribution in [0.25, 0.3) is 11.3 Å². The third-order valence-corrected chi connectivity index (χ3v) is 5.71. The maximum absolute atomic E-state index is 15.5. The van der Waals surface area contributed by atoms with E-state index in [0.717, 1.165) is 0 Å². The van der Waals surface area contributed by atoms with Crippen LogP contribution in [0.5, 0.6) is 5.75 Å². The molecule has 0 fully saturated rings. The zero-order valence-corrected chi connectivity index (χ0v) is 19.0. The van der Waals surface area contributed by atoms with E-state index in [-0.39, 0.29) is 11.1 Å². The summed E-state index contributed by atoms with van der Waals surface area (Å²) in [6, 6.07) is 7.84.